The topological polar surface area (TPSA) is 98.1 Å². The summed E-state index contributed by atoms with van der Waals surface area (Å²) in [5.74, 6) is -0.601. The van der Waals surface area contributed by atoms with E-state index in [-0.39, 0.29) is 24.4 Å². The molecule has 1 saturated heterocycles. The van der Waals surface area contributed by atoms with Crippen LogP contribution in [0.1, 0.15) is 31.0 Å². The fourth-order valence-electron chi connectivity index (χ4n) is 3.24. The van der Waals surface area contributed by atoms with Crippen LogP contribution in [0, 0.1) is 5.82 Å². The first kappa shape index (κ1) is 16.3. The number of hydrogen-bond donors (Lipinski definition) is 2. The first-order valence-corrected chi connectivity index (χ1v) is 7.96. The molecule has 24 heavy (non-hydrogen) atoms. The molecule has 1 fully saturated rings. The number of benzene rings is 1. The Labute approximate surface area is 139 Å². The Morgan fingerprint density at radius 2 is 2.08 bits per heavy atom. The summed E-state index contributed by atoms with van der Waals surface area (Å²) in [5.41, 5.74) is 12.8. The van der Waals surface area contributed by atoms with Crippen molar-refractivity contribution in [1.82, 2.24) is 14.9 Å². The van der Waals surface area contributed by atoms with Crippen LogP contribution < -0.4 is 11.5 Å². The number of primary amides is 1. The van der Waals surface area contributed by atoms with Crippen molar-refractivity contribution >= 4 is 11.9 Å². The molecule has 4 N–H and O–H groups in total. The highest BCUT2D eigenvalue weighted by Crippen LogP contribution is 2.36. The standard InChI is InChI=1S/C17H20FN5O/c18-13-6-2-1-5-11(13)12-9-21-17(20)22-16(12)14-7-3-4-8-23(14)10-15(19)24/h1-2,5-6,9,14H,3-4,7-8,10H2,(H2,19,24)(H2,20,21,22). The fraction of sp³-hybridized carbons (Fsp3) is 0.353. The molecule has 0 aliphatic carbocycles. The normalized spacial score (nSPS) is 18.5. The van der Waals surface area contributed by atoms with E-state index in [1.54, 1.807) is 24.4 Å². The quantitative estimate of drug-likeness (QED) is 0.892. The average Bonchev–Trinajstić information content (AvgIpc) is 2.56. The van der Waals surface area contributed by atoms with Gasteiger partial charge in [0.15, 0.2) is 0 Å². The summed E-state index contributed by atoms with van der Waals surface area (Å²) in [7, 11) is 0. The zero-order valence-corrected chi connectivity index (χ0v) is 13.3. The summed E-state index contributed by atoms with van der Waals surface area (Å²) >= 11 is 0. The van der Waals surface area contributed by atoms with Crippen LogP contribution in [0.25, 0.3) is 11.1 Å². The Morgan fingerprint density at radius 1 is 1.29 bits per heavy atom. The van der Waals surface area contributed by atoms with Crippen LogP contribution in [0.15, 0.2) is 30.5 Å². The molecule has 0 saturated carbocycles. The average molecular weight is 329 g/mol. The molecule has 1 aliphatic rings. The number of hydrogen-bond acceptors (Lipinski definition) is 5. The molecule has 0 bridgehead atoms. The van der Waals surface area contributed by atoms with Crippen molar-refractivity contribution in [3.8, 4) is 11.1 Å². The minimum atomic E-state index is -0.392. The van der Waals surface area contributed by atoms with E-state index in [0.717, 1.165) is 25.8 Å². The molecule has 1 aromatic carbocycles. The highest BCUT2D eigenvalue weighted by molar-refractivity contribution is 5.76. The van der Waals surface area contributed by atoms with Crippen molar-refractivity contribution in [2.45, 2.75) is 25.3 Å². The number of piperidine rings is 1. The molecule has 1 amide bonds. The van der Waals surface area contributed by atoms with Crippen LogP contribution in [-0.2, 0) is 4.79 Å². The molecule has 1 atom stereocenters. The van der Waals surface area contributed by atoms with Gasteiger partial charge in [0.05, 0.1) is 18.3 Å². The van der Waals surface area contributed by atoms with Gasteiger partial charge < -0.3 is 11.5 Å². The van der Waals surface area contributed by atoms with Gasteiger partial charge in [-0.15, -0.1) is 0 Å². The summed E-state index contributed by atoms with van der Waals surface area (Å²) in [6.45, 7) is 0.888. The number of nitrogens with zero attached hydrogens (tertiary/aromatic N) is 3. The Morgan fingerprint density at radius 3 is 2.83 bits per heavy atom. The third-order valence-electron chi connectivity index (χ3n) is 4.29. The molecule has 2 aromatic rings. The summed E-state index contributed by atoms with van der Waals surface area (Å²) in [6.07, 6.45) is 4.35. The number of aromatic nitrogens is 2. The van der Waals surface area contributed by atoms with E-state index in [4.69, 9.17) is 11.5 Å². The molecule has 3 rings (SSSR count). The second kappa shape index (κ2) is 6.92. The van der Waals surface area contributed by atoms with Gasteiger partial charge in [0, 0.05) is 17.3 Å². The molecule has 1 unspecified atom stereocenters. The van der Waals surface area contributed by atoms with Crippen LogP contribution in [-0.4, -0.2) is 33.9 Å². The Balaban J connectivity index is 2.07. The lowest BCUT2D eigenvalue weighted by Crippen LogP contribution is -2.40. The Bertz CT molecular complexity index is 752. The summed E-state index contributed by atoms with van der Waals surface area (Å²) in [4.78, 5) is 21.8. The number of halogens is 1. The third kappa shape index (κ3) is 3.35. The molecule has 0 spiro atoms. The summed E-state index contributed by atoms with van der Waals surface area (Å²) in [6, 6.07) is 6.36. The first-order valence-electron chi connectivity index (χ1n) is 7.96. The number of carbonyl (C=O) groups is 1. The molecule has 1 aromatic heterocycles. The largest absolute Gasteiger partial charge is 0.369 e. The van der Waals surface area contributed by atoms with E-state index in [2.05, 4.69) is 9.97 Å². The van der Waals surface area contributed by atoms with Crippen molar-refractivity contribution < 1.29 is 9.18 Å². The van der Waals surface area contributed by atoms with Gasteiger partial charge in [0.25, 0.3) is 0 Å². The van der Waals surface area contributed by atoms with Crippen LogP contribution in [0.3, 0.4) is 0 Å². The monoisotopic (exact) mass is 329 g/mol. The zero-order chi connectivity index (χ0) is 17.1. The molecule has 6 nitrogen and oxygen atoms in total. The van der Waals surface area contributed by atoms with E-state index in [0.29, 0.717) is 16.8 Å². The van der Waals surface area contributed by atoms with Gasteiger partial charge in [0.1, 0.15) is 5.82 Å². The van der Waals surface area contributed by atoms with Crippen LogP contribution >= 0.6 is 0 Å². The lowest BCUT2D eigenvalue weighted by atomic mass is 9.93. The second-order valence-corrected chi connectivity index (χ2v) is 5.96. The molecule has 7 heteroatoms. The summed E-state index contributed by atoms with van der Waals surface area (Å²) in [5, 5.41) is 0. The molecule has 126 valence electrons. The highest BCUT2D eigenvalue weighted by atomic mass is 19.1. The molecular weight excluding hydrogens is 309 g/mol. The predicted octanol–water partition coefficient (Wildman–Crippen LogP) is 1.88. The highest BCUT2D eigenvalue weighted by Gasteiger charge is 2.29. The number of likely N-dealkylation sites (tertiary alicyclic amines) is 1. The minimum absolute atomic E-state index is 0.133. The van der Waals surface area contributed by atoms with E-state index < -0.39 is 5.91 Å². The van der Waals surface area contributed by atoms with Crippen molar-refractivity contribution in [1.29, 1.82) is 0 Å². The number of anilines is 1. The fourth-order valence-corrected chi connectivity index (χ4v) is 3.24. The van der Waals surface area contributed by atoms with E-state index in [9.17, 15) is 9.18 Å². The molecule has 0 radical (unpaired) electrons. The van der Waals surface area contributed by atoms with Gasteiger partial charge in [0.2, 0.25) is 11.9 Å². The number of nitrogens with two attached hydrogens (primary N) is 2. The number of amides is 1. The zero-order valence-electron chi connectivity index (χ0n) is 13.3. The maximum atomic E-state index is 14.3. The second-order valence-electron chi connectivity index (χ2n) is 5.96. The molecular formula is C17H20FN5O. The van der Waals surface area contributed by atoms with Crippen LogP contribution in [0.4, 0.5) is 10.3 Å². The van der Waals surface area contributed by atoms with Crippen molar-refractivity contribution in [3.05, 3.63) is 42.0 Å². The van der Waals surface area contributed by atoms with E-state index >= 15 is 0 Å². The van der Waals surface area contributed by atoms with E-state index in [1.807, 2.05) is 4.90 Å². The van der Waals surface area contributed by atoms with Crippen LogP contribution in [0.2, 0.25) is 0 Å². The van der Waals surface area contributed by atoms with Gasteiger partial charge in [-0.1, -0.05) is 24.6 Å². The lowest BCUT2D eigenvalue weighted by Gasteiger charge is -2.35. The molecule has 1 aliphatic heterocycles. The van der Waals surface area contributed by atoms with Crippen molar-refractivity contribution in [2.24, 2.45) is 5.73 Å². The lowest BCUT2D eigenvalue weighted by molar-refractivity contribution is -0.120. The predicted molar refractivity (Wildman–Crippen MR) is 89.2 cm³/mol. The number of carbonyl (C=O) groups excluding carboxylic acids is 1. The van der Waals surface area contributed by atoms with Crippen LogP contribution in [0.5, 0.6) is 0 Å². The van der Waals surface area contributed by atoms with Gasteiger partial charge in [-0.3, -0.25) is 9.69 Å². The van der Waals surface area contributed by atoms with Gasteiger partial charge >= 0.3 is 0 Å². The molecule has 2 heterocycles. The van der Waals surface area contributed by atoms with Crippen molar-refractivity contribution in [3.63, 3.8) is 0 Å². The number of rotatable bonds is 4. The van der Waals surface area contributed by atoms with E-state index in [1.165, 1.54) is 6.07 Å². The summed E-state index contributed by atoms with van der Waals surface area (Å²) < 4.78 is 14.3. The Kier molecular flexibility index (Phi) is 4.71. The number of nitrogen functional groups attached to an aromatic ring is 1. The Hall–Kier alpha value is -2.54. The minimum Gasteiger partial charge on any atom is -0.369 e. The van der Waals surface area contributed by atoms with Gasteiger partial charge in [-0.2, -0.15) is 0 Å². The van der Waals surface area contributed by atoms with Gasteiger partial charge in [-0.25, -0.2) is 14.4 Å². The third-order valence-corrected chi connectivity index (χ3v) is 4.29. The maximum Gasteiger partial charge on any atom is 0.231 e. The smallest absolute Gasteiger partial charge is 0.231 e. The van der Waals surface area contributed by atoms with Gasteiger partial charge in [-0.05, 0) is 25.5 Å². The SMILES string of the molecule is NC(=O)CN1CCCCC1c1nc(N)ncc1-c1ccccc1F. The maximum absolute atomic E-state index is 14.3. The van der Waals surface area contributed by atoms with Crippen molar-refractivity contribution in [2.75, 3.05) is 18.8 Å². The first-order chi connectivity index (χ1) is 11.6.